The number of benzene rings is 2. The summed E-state index contributed by atoms with van der Waals surface area (Å²) in [7, 11) is 3.19. The van der Waals surface area contributed by atoms with Crippen molar-refractivity contribution in [2.24, 2.45) is 0 Å². The lowest BCUT2D eigenvalue weighted by Gasteiger charge is -2.26. The van der Waals surface area contributed by atoms with Gasteiger partial charge in [0.2, 0.25) is 5.78 Å². The largest absolute Gasteiger partial charge is 0.497 e. The molecule has 0 N–H and O–H groups in total. The SMILES string of the molecule is COc1ccc([C@@H]2CCCN2C(=O)C(=O)c2ccc(C)cc2)c(OC)c1. The van der Waals surface area contributed by atoms with Gasteiger partial charge in [-0.15, -0.1) is 0 Å². The quantitative estimate of drug-likeness (QED) is 0.609. The van der Waals surface area contributed by atoms with Gasteiger partial charge in [-0.25, -0.2) is 0 Å². The monoisotopic (exact) mass is 353 g/mol. The van der Waals surface area contributed by atoms with Crippen LogP contribution in [0.2, 0.25) is 0 Å². The molecule has 5 nitrogen and oxygen atoms in total. The molecule has 1 fully saturated rings. The summed E-state index contributed by atoms with van der Waals surface area (Å²) >= 11 is 0. The molecule has 0 spiro atoms. The Hall–Kier alpha value is -2.82. The zero-order chi connectivity index (χ0) is 18.7. The van der Waals surface area contributed by atoms with Crippen LogP contribution < -0.4 is 9.47 Å². The van der Waals surface area contributed by atoms with Crippen molar-refractivity contribution in [3.63, 3.8) is 0 Å². The van der Waals surface area contributed by atoms with Crippen LogP contribution in [0.3, 0.4) is 0 Å². The van der Waals surface area contributed by atoms with Crippen LogP contribution >= 0.6 is 0 Å². The summed E-state index contributed by atoms with van der Waals surface area (Å²) < 4.78 is 10.7. The van der Waals surface area contributed by atoms with E-state index in [1.54, 1.807) is 37.3 Å². The molecule has 1 amide bonds. The molecule has 2 aromatic carbocycles. The van der Waals surface area contributed by atoms with E-state index in [1.165, 1.54) is 0 Å². The van der Waals surface area contributed by atoms with Gasteiger partial charge in [0.25, 0.3) is 5.91 Å². The molecule has 26 heavy (non-hydrogen) atoms. The zero-order valence-corrected chi connectivity index (χ0v) is 15.3. The van der Waals surface area contributed by atoms with Gasteiger partial charge < -0.3 is 14.4 Å². The fourth-order valence-corrected chi connectivity index (χ4v) is 3.39. The molecule has 1 aliphatic rings. The van der Waals surface area contributed by atoms with Crippen LogP contribution in [0.4, 0.5) is 0 Å². The number of carbonyl (C=O) groups excluding carboxylic acids is 2. The van der Waals surface area contributed by atoms with E-state index in [-0.39, 0.29) is 6.04 Å². The fourth-order valence-electron chi connectivity index (χ4n) is 3.39. The lowest BCUT2D eigenvalue weighted by molar-refractivity contribution is -0.127. The third kappa shape index (κ3) is 3.43. The van der Waals surface area contributed by atoms with Crippen LogP contribution in [0.1, 0.15) is 40.4 Å². The van der Waals surface area contributed by atoms with Gasteiger partial charge in [0.15, 0.2) is 0 Å². The number of hydrogen-bond acceptors (Lipinski definition) is 4. The molecule has 0 aromatic heterocycles. The average Bonchev–Trinajstić information content (AvgIpc) is 3.16. The number of rotatable bonds is 5. The molecule has 1 heterocycles. The van der Waals surface area contributed by atoms with Crippen molar-refractivity contribution in [1.29, 1.82) is 0 Å². The van der Waals surface area contributed by atoms with Gasteiger partial charge >= 0.3 is 0 Å². The lowest BCUT2D eigenvalue weighted by atomic mass is 10.0. The van der Waals surface area contributed by atoms with Gasteiger partial charge in [0.1, 0.15) is 11.5 Å². The summed E-state index contributed by atoms with van der Waals surface area (Å²) in [4.78, 5) is 27.1. The predicted molar refractivity (Wildman–Crippen MR) is 98.7 cm³/mol. The predicted octanol–water partition coefficient (Wildman–Crippen LogP) is 3.56. The van der Waals surface area contributed by atoms with Gasteiger partial charge in [-0.2, -0.15) is 0 Å². The van der Waals surface area contributed by atoms with Gasteiger partial charge in [-0.3, -0.25) is 9.59 Å². The molecule has 136 valence electrons. The molecule has 0 bridgehead atoms. The van der Waals surface area contributed by atoms with E-state index in [2.05, 4.69) is 0 Å². The first kappa shape index (κ1) is 18.0. The van der Waals surface area contributed by atoms with Crippen molar-refractivity contribution in [1.82, 2.24) is 4.90 Å². The average molecular weight is 353 g/mol. The third-order valence-electron chi connectivity index (χ3n) is 4.82. The maximum Gasteiger partial charge on any atom is 0.295 e. The number of Topliss-reactive ketones (excluding diaryl/α,β-unsaturated/α-hetero) is 1. The second-order valence-electron chi connectivity index (χ2n) is 6.46. The van der Waals surface area contributed by atoms with Crippen LogP contribution in [-0.4, -0.2) is 37.4 Å². The number of ether oxygens (including phenoxy) is 2. The summed E-state index contributed by atoms with van der Waals surface area (Å²) in [5.74, 6) is 0.424. The van der Waals surface area contributed by atoms with E-state index in [0.29, 0.717) is 23.6 Å². The number of methoxy groups -OCH3 is 2. The van der Waals surface area contributed by atoms with Crippen molar-refractivity contribution < 1.29 is 19.1 Å². The van der Waals surface area contributed by atoms with Crippen LogP contribution in [0.25, 0.3) is 0 Å². The minimum Gasteiger partial charge on any atom is -0.497 e. The smallest absolute Gasteiger partial charge is 0.295 e. The van der Waals surface area contributed by atoms with E-state index < -0.39 is 11.7 Å². The summed E-state index contributed by atoms with van der Waals surface area (Å²) in [6.45, 7) is 2.51. The second kappa shape index (κ2) is 7.60. The first-order valence-corrected chi connectivity index (χ1v) is 8.69. The third-order valence-corrected chi connectivity index (χ3v) is 4.82. The van der Waals surface area contributed by atoms with Crippen molar-refractivity contribution in [3.8, 4) is 11.5 Å². The second-order valence-corrected chi connectivity index (χ2v) is 6.46. The van der Waals surface area contributed by atoms with Crippen molar-refractivity contribution in [3.05, 3.63) is 59.2 Å². The molecule has 1 atom stereocenters. The summed E-state index contributed by atoms with van der Waals surface area (Å²) in [5.41, 5.74) is 2.37. The Kier molecular flexibility index (Phi) is 5.26. The topological polar surface area (TPSA) is 55.8 Å². The van der Waals surface area contributed by atoms with Gasteiger partial charge in [-0.05, 0) is 31.9 Å². The molecule has 2 aromatic rings. The van der Waals surface area contributed by atoms with Crippen molar-refractivity contribution in [2.75, 3.05) is 20.8 Å². The molecule has 0 radical (unpaired) electrons. The number of hydrogen-bond donors (Lipinski definition) is 0. The van der Waals surface area contributed by atoms with E-state index >= 15 is 0 Å². The van der Waals surface area contributed by atoms with Crippen LogP contribution in [-0.2, 0) is 4.79 Å². The van der Waals surface area contributed by atoms with Gasteiger partial charge in [0.05, 0.1) is 20.3 Å². The zero-order valence-electron chi connectivity index (χ0n) is 15.3. The summed E-state index contributed by atoms with van der Waals surface area (Å²) in [6, 6.07) is 12.5. The Morgan fingerprint density at radius 3 is 2.42 bits per heavy atom. The first-order chi connectivity index (χ1) is 12.5. The molecule has 0 unspecified atom stereocenters. The summed E-state index contributed by atoms with van der Waals surface area (Å²) in [6.07, 6.45) is 1.66. The van der Waals surface area contributed by atoms with Crippen molar-refractivity contribution in [2.45, 2.75) is 25.8 Å². The molecular weight excluding hydrogens is 330 g/mol. The maximum absolute atomic E-state index is 12.8. The van der Waals surface area contributed by atoms with E-state index in [9.17, 15) is 9.59 Å². The number of nitrogens with zero attached hydrogens (tertiary/aromatic N) is 1. The first-order valence-electron chi connectivity index (χ1n) is 8.69. The maximum atomic E-state index is 12.8. The Balaban J connectivity index is 1.87. The molecule has 3 rings (SSSR count). The minimum atomic E-state index is -0.468. The molecule has 0 aliphatic carbocycles. The number of amides is 1. The normalized spacial score (nSPS) is 16.4. The minimum absolute atomic E-state index is 0.169. The highest BCUT2D eigenvalue weighted by Gasteiger charge is 2.35. The Morgan fingerprint density at radius 1 is 1.04 bits per heavy atom. The Labute approximate surface area is 153 Å². The Morgan fingerprint density at radius 2 is 1.77 bits per heavy atom. The van der Waals surface area contributed by atoms with Crippen LogP contribution in [0.5, 0.6) is 11.5 Å². The lowest BCUT2D eigenvalue weighted by Crippen LogP contribution is -2.36. The van der Waals surface area contributed by atoms with Gasteiger partial charge in [0, 0.05) is 23.7 Å². The molecule has 1 aliphatic heterocycles. The number of ketones is 1. The number of likely N-dealkylation sites (tertiary alicyclic amines) is 1. The van der Waals surface area contributed by atoms with Gasteiger partial charge in [-0.1, -0.05) is 29.8 Å². The van der Waals surface area contributed by atoms with Crippen molar-refractivity contribution >= 4 is 11.7 Å². The van der Waals surface area contributed by atoms with E-state index in [0.717, 1.165) is 24.0 Å². The standard InChI is InChI=1S/C21H23NO4/c1-14-6-8-15(9-7-14)20(23)21(24)22-12-4-5-18(22)17-11-10-16(25-2)13-19(17)26-3/h6-11,13,18H,4-5,12H2,1-3H3/t18-/m0/s1. The number of carbonyl (C=O) groups is 2. The van der Waals surface area contributed by atoms with Crippen LogP contribution in [0, 0.1) is 6.92 Å². The number of aryl methyl sites for hydroxylation is 1. The molecule has 1 saturated heterocycles. The van der Waals surface area contributed by atoms with E-state index in [4.69, 9.17) is 9.47 Å². The molecule has 5 heteroatoms. The highest BCUT2D eigenvalue weighted by Crippen LogP contribution is 2.38. The molecule has 0 saturated carbocycles. The van der Waals surface area contributed by atoms with Crippen LogP contribution in [0.15, 0.2) is 42.5 Å². The highest BCUT2D eigenvalue weighted by molar-refractivity contribution is 6.42. The fraction of sp³-hybridized carbons (Fsp3) is 0.333. The molecular formula is C21H23NO4. The Bertz CT molecular complexity index is 813. The highest BCUT2D eigenvalue weighted by atomic mass is 16.5. The van der Waals surface area contributed by atoms with E-state index in [1.807, 2.05) is 31.2 Å². The summed E-state index contributed by atoms with van der Waals surface area (Å²) in [5, 5.41) is 0.